The Labute approximate surface area is 59.0 Å². The fourth-order valence-corrected chi connectivity index (χ4v) is 1.04. The van der Waals surface area contributed by atoms with Gasteiger partial charge in [-0.1, -0.05) is 0 Å². The molecule has 0 radical (unpaired) electrons. The number of hydrogen-bond acceptors (Lipinski definition) is 4. The van der Waals surface area contributed by atoms with Crippen LogP contribution in [0.15, 0.2) is 0 Å². The Hall–Kier alpha value is -0.160. The lowest BCUT2D eigenvalue weighted by molar-refractivity contribution is -0.478. The average molecular weight is 146 g/mol. The summed E-state index contributed by atoms with van der Waals surface area (Å²) in [7, 11) is 0. The van der Waals surface area contributed by atoms with Crippen LogP contribution in [0.4, 0.5) is 0 Å². The van der Waals surface area contributed by atoms with Crippen molar-refractivity contribution >= 4 is 0 Å². The van der Waals surface area contributed by atoms with E-state index in [-0.39, 0.29) is 0 Å². The highest BCUT2D eigenvalue weighted by Gasteiger charge is 2.41. The predicted octanol–water partition coefficient (Wildman–Crippen LogP) is 0.0814. The second-order valence-corrected chi connectivity index (χ2v) is 2.25. The highest BCUT2D eigenvalue weighted by Crippen LogP contribution is 2.25. The van der Waals surface area contributed by atoms with Crippen LogP contribution in [-0.4, -0.2) is 32.6 Å². The fraction of sp³-hybridized carbons (Fsp3) is 1.00. The second-order valence-electron chi connectivity index (χ2n) is 2.25. The summed E-state index contributed by atoms with van der Waals surface area (Å²) in [5, 5.41) is 0. The monoisotopic (exact) mass is 146 g/mol. The molecular formula is C6H10O4. The maximum Gasteiger partial charge on any atom is 0.412 e. The molecule has 2 rings (SSSR count). The van der Waals surface area contributed by atoms with Crippen LogP contribution in [0.2, 0.25) is 0 Å². The molecule has 0 aromatic rings. The molecular weight excluding hydrogens is 136 g/mol. The summed E-state index contributed by atoms with van der Waals surface area (Å²) in [6, 6.07) is 0. The number of rotatable bonds is 0. The van der Waals surface area contributed by atoms with E-state index in [9.17, 15) is 0 Å². The second kappa shape index (κ2) is 2.47. The van der Waals surface area contributed by atoms with Crippen LogP contribution in [0, 0.1) is 0 Å². The van der Waals surface area contributed by atoms with E-state index in [4.69, 9.17) is 18.9 Å². The van der Waals surface area contributed by atoms with E-state index in [0.717, 1.165) is 6.42 Å². The standard InChI is InChI=1S/C6H10O4/c1-2-7-6(8-3-1)9-4-5-10-6/h1-5H2. The summed E-state index contributed by atoms with van der Waals surface area (Å²) in [6.45, 7) is 2.42. The molecule has 0 unspecified atom stereocenters. The number of ether oxygens (including phenoxy) is 4. The average Bonchev–Trinajstić information content (AvgIpc) is 2.39. The Morgan fingerprint density at radius 3 is 1.80 bits per heavy atom. The van der Waals surface area contributed by atoms with Gasteiger partial charge in [0.2, 0.25) is 0 Å². The Bertz CT molecular complexity index is 111. The van der Waals surface area contributed by atoms with Gasteiger partial charge in [-0.05, 0) is 6.42 Å². The lowest BCUT2D eigenvalue weighted by atomic mass is 10.5. The maximum atomic E-state index is 5.16. The van der Waals surface area contributed by atoms with Gasteiger partial charge in [-0.25, -0.2) is 0 Å². The van der Waals surface area contributed by atoms with E-state index in [0.29, 0.717) is 26.4 Å². The molecule has 0 bridgehead atoms. The van der Waals surface area contributed by atoms with Crippen molar-refractivity contribution in [1.29, 1.82) is 0 Å². The van der Waals surface area contributed by atoms with Crippen LogP contribution in [0.5, 0.6) is 0 Å². The largest absolute Gasteiger partial charge is 0.412 e. The van der Waals surface area contributed by atoms with Crippen molar-refractivity contribution in [1.82, 2.24) is 0 Å². The van der Waals surface area contributed by atoms with Crippen LogP contribution >= 0.6 is 0 Å². The molecule has 2 heterocycles. The SMILES string of the molecule is C1COC2(OC1)OCCO2. The molecule has 0 N–H and O–H groups in total. The maximum absolute atomic E-state index is 5.16. The van der Waals surface area contributed by atoms with Gasteiger partial charge >= 0.3 is 6.16 Å². The highest BCUT2D eigenvalue weighted by molar-refractivity contribution is 4.55. The zero-order chi connectivity index (χ0) is 6.86. The minimum atomic E-state index is -1.13. The molecule has 1 spiro atoms. The molecule has 10 heavy (non-hydrogen) atoms. The van der Waals surface area contributed by atoms with Gasteiger partial charge in [0, 0.05) is 0 Å². The van der Waals surface area contributed by atoms with Crippen molar-refractivity contribution < 1.29 is 18.9 Å². The smallest absolute Gasteiger partial charge is 0.303 e. The molecule has 0 amide bonds. The van der Waals surface area contributed by atoms with Crippen molar-refractivity contribution in [2.24, 2.45) is 0 Å². The van der Waals surface area contributed by atoms with Gasteiger partial charge in [0.25, 0.3) is 0 Å². The van der Waals surface area contributed by atoms with E-state index in [2.05, 4.69) is 0 Å². The summed E-state index contributed by atoms with van der Waals surface area (Å²) >= 11 is 0. The summed E-state index contributed by atoms with van der Waals surface area (Å²) < 4.78 is 20.5. The molecule has 0 aliphatic carbocycles. The van der Waals surface area contributed by atoms with Gasteiger partial charge < -0.3 is 18.9 Å². The minimum Gasteiger partial charge on any atom is -0.303 e. The van der Waals surface area contributed by atoms with Crippen molar-refractivity contribution in [3.05, 3.63) is 0 Å². The first-order valence-electron chi connectivity index (χ1n) is 3.47. The molecule has 4 nitrogen and oxygen atoms in total. The zero-order valence-electron chi connectivity index (χ0n) is 5.67. The first-order chi connectivity index (χ1) is 4.91. The zero-order valence-corrected chi connectivity index (χ0v) is 5.67. The molecule has 2 saturated heterocycles. The van der Waals surface area contributed by atoms with Crippen LogP contribution in [0.25, 0.3) is 0 Å². The Kier molecular flexibility index (Phi) is 1.61. The Morgan fingerprint density at radius 1 is 0.700 bits per heavy atom. The lowest BCUT2D eigenvalue weighted by Crippen LogP contribution is -2.41. The van der Waals surface area contributed by atoms with E-state index in [1.54, 1.807) is 0 Å². The number of hydrogen-bond donors (Lipinski definition) is 0. The summed E-state index contributed by atoms with van der Waals surface area (Å²) in [4.78, 5) is 0. The topological polar surface area (TPSA) is 36.9 Å². The quantitative estimate of drug-likeness (QED) is 0.485. The van der Waals surface area contributed by atoms with Crippen molar-refractivity contribution in [3.8, 4) is 0 Å². The molecule has 0 saturated carbocycles. The molecule has 2 aliphatic rings. The highest BCUT2D eigenvalue weighted by atomic mass is 17.0. The molecule has 2 fully saturated rings. The summed E-state index contributed by atoms with van der Waals surface area (Å²) in [5.74, 6) is 0. The van der Waals surface area contributed by atoms with Crippen molar-refractivity contribution in [2.75, 3.05) is 26.4 Å². The van der Waals surface area contributed by atoms with Gasteiger partial charge in [0.15, 0.2) is 0 Å². The van der Waals surface area contributed by atoms with Crippen LogP contribution in [0.1, 0.15) is 6.42 Å². The third-order valence-electron chi connectivity index (χ3n) is 1.49. The Morgan fingerprint density at radius 2 is 1.20 bits per heavy atom. The van der Waals surface area contributed by atoms with Gasteiger partial charge in [-0.15, -0.1) is 0 Å². The summed E-state index contributed by atoms with van der Waals surface area (Å²) in [5.41, 5.74) is 0. The molecule has 0 atom stereocenters. The van der Waals surface area contributed by atoms with Crippen LogP contribution in [0.3, 0.4) is 0 Å². The lowest BCUT2D eigenvalue weighted by Gasteiger charge is -2.29. The third kappa shape index (κ3) is 1.03. The van der Waals surface area contributed by atoms with E-state index in [1.165, 1.54) is 0 Å². The van der Waals surface area contributed by atoms with E-state index >= 15 is 0 Å². The first kappa shape index (κ1) is 6.54. The van der Waals surface area contributed by atoms with Gasteiger partial charge in [0.1, 0.15) is 0 Å². The van der Waals surface area contributed by atoms with Crippen LogP contribution < -0.4 is 0 Å². The van der Waals surface area contributed by atoms with Crippen molar-refractivity contribution in [3.63, 3.8) is 0 Å². The van der Waals surface area contributed by atoms with Gasteiger partial charge in [-0.2, -0.15) is 0 Å². The molecule has 2 aliphatic heterocycles. The molecule has 58 valence electrons. The Balaban J connectivity index is 1.98. The third-order valence-corrected chi connectivity index (χ3v) is 1.49. The van der Waals surface area contributed by atoms with E-state index < -0.39 is 6.16 Å². The van der Waals surface area contributed by atoms with Gasteiger partial charge in [-0.3, -0.25) is 0 Å². The van der Waals surface area contributed by atoms with Gasteiger partial charge in [0.05, 0.1) is 26.4 Å². The molecule has 4 heteroatoms. The summed E-state index contributed by atoms with van der Waals surface area (Å²) in [6.07, 6.45) is -0.216. The first-order valence-corrected chi connectivity index (χ1v) is 3.47. The van der Waals surface area contributed by atoms with Crippen LogP contribution in [-0.2, 0) is 18.9 Å². The normalized spacial score (nSPS) is 31.2. The molecule has 0 aromatic carbocycles. The molecule has 0 aromatic heterocycles. The minimum absolute atomic E-state index is 0.556. The fourth-order valence-electron chi connectivity index (χ4n) is 1.04. The van der Waals surface area contributed by atoms with E-state index in [1.807, 2.05) is 0 Å². The van der Waals surface area contributed by atoms with Crippen molar-refractivity contribution in [2.45, 2.75) is 12.6 Å². The predicted molar refractivity (Wildman–Crippen MR) is 31.2 cm³/mol.